The molecule has 2 N–H and O–H groups in total. The van der Waals surface area contributed by atoms with Crippen LogP contribution in [0.25, 0.3) is 11.1 Å². The Labute approximate surface area is 153 Å². The summed E-state index contributed by atoms with van der Waals surface area (Å²) >= 11 is 1.50. The first-order chi connectivity index (χ1) is 11.6. The number of aliphatic hydroxyl groups excluding tert-OH is 1. The van der Waals surface area contributed by atoms with E-state index in [0.717, 1.165) is 52.5 Å². The van der Waals surface area contributed by atoms with Crippen LogP contribution in [0.2, 0.25) is 0 Å². The number of hydrogen-bond donors (Lipinski definition) is 2. The summed E-state index contributed by atoms with van der Waals surface area (Å²) in [4.78, 5) is 7.72. The van der Waals surface area contributed by atoms with Crippen LogP contribution in [0.15, 0.2) is 52.4 Å². The lowest BCUT2D eigenvalue weighted by Gasteiger charge is -2.34. The van der Waals surface area contributed by atoms with Gasteiger partial charge < -0.3 is 10.0 Å². The number of amidine groups is 2. The molecule has 25 heavy (non-hydrogen) atoms. The molecule has 1 atom stereocenters. The van der Waals surface area contributed by atoms with Crippen molar-refractivity contribution in [3.8, 4) is 11.1 Å². The summed E-state index contributed by atoms with van der Waals surface area (Å²) in [7, 11) is 0. The summed E-state index contributed by atoms with van der Waals surface area (Å²) in [5.41, 5.74) is 4.21. The smallest absolute Gasteiger partial charge is 0.166 e. The Balaban J connectivity index is 0.00000182. The van der Waals surface area contributed by atoms with Crippen LogP contribution >= 0.6 is 11.8 Å². The molecular weight excluding hydrogens is 330 g/mol. The highest BCUT2D eigenvalue weighted by Crippen LogP contribution is 2.36. The van der Waals surface area contributed by atoms with Gasteiger partial charge in [0.15, 0.2) is 5.17 Å². The maximum atomic E-state index is 9.80. The van der Waals surface area contributed by atoms with Crippen molar-refractivity contribution in [3.63, 3.8) is 0 Å². The van der Waals surface area contributed by atoms with Gasteiger partial charge in [-0.2, -0.15) is 0 Å². The first-order valence-electron chi connectivity index (χ1n) is 8.15. The number of aliphatic hydroxyl groups is 1. The average Bonchev–Trinajstić information content (AvgIpc) is 2.61. The van der Waals surface area contributed by atoms with E-state index in [1.807, 2.05) is 23.1 Å². The molecule has 0 saturated carbocycles. The monoisotopic (exact) mass is 353 g/mol. The summed E-state index contributed by atoms with van der Waals surface area (Å²) in [5, 5.41) is 18.6. The highest BCUT2D eigenvalue weighted by Gasteiger charge is 2.29. The van der Waals surface area contributed by atoms with E-state index in [2.05, 4.69) is 29.3 Å². The lowest BCUT2D eigenvalue weighted by Crippen LogP contribution is -2.42. The number of nitrogens with zero attached hydrogens (tertiary/aromatic N) is 2. The van der Waals surface area contributed by atoms with E-state index in [0.29, 0.717) is 5.17 Å². The molecule has 0 spiro atoms. The Hall–Kier alpha value is -2.11. The van der Waals surface area contributed by atoms with Crippen LogP contribution in [-0.2, 0) is 0 Å². The molecule has 0 aromatic heterocycles. The average molecular weight is 353 g/mol. The van der Waals surface area contributed by atoms with Gasteiger partial charge in [0.2, 0.25) is 0 Å². The highest BCUT2D eigenvalue weighted by atomic mass is 32.2. The van der Waals surface area contributed by atoms with Crippen LogP contribution < -0.4 is 0 Å². The summed E-state index contributed by atoms with van der Waals surface area (Å²) in [6.45, 7) is 3.49. The molecule has 0 saturated heterocycles. The van der Waals surface area contributed by atoms with Gasteiger partial charge in [0.05, 0.1) is 6.10 Å². The van der Waals surface area contributed by atoms with Gasteiger partial charge in [0.25, 0.3) is 0 Å². The molecule has 2 aliphatic rings. The fraction of sp³-hybridized carbons (Fsp3) is 0.300. The summed E-state index contributed by atoms with van der Waals surface area (Å²) in [6, 6.07) is 14.3. The zero-order valence-electron chi connectivity index (χ0n) is 13.5. The number of rotatable bonds is 2. The van der Waals surface area contributed by atoms with Gasteiger partial charge in [-0.3, -0.25) is 10.4 Å². The molecule has 2 heterocycles. The standard InChI is InChI=1S/C19H19N3OS.CH4/c1-12(23)13-4-2-5-14(10-13)15-6-7-16-17(11-15)24-19(20)22-9-3-8-21-18(16)22;/h2,4-7,10-12,20,23H,3,8-9H2,1H3;1H4. The topological polar surface area (TPSA) is 59.7 Å². The van der Waals surface area contributed by atoms with Crippen molar-refractivity contribution in [1.82, 2.24) is 4.90 Å². The second-order valence-electron chi connectivity index (χ2n) is 6.13. The molecule has 4 nitrogen and oxygen atoms in total. The van der Waals surface area contributed by atoms with Crippen molar-refractivity contribution < 1.29 is 5.11 Å². The minimum Gasteiger partial charge on any atom is -0.389 e. The molecule has 2 aromatic carbocycles. The minimum absolute atomic E-state index is 0. The Morgan fingerprint density at radius 2 is 2.00 bits per heavy atom. The third-order valence-corrected chi connectivity index (χ3v) is 5.41. The normalized spacial score (nSPS) is 17.1. The molecule has 130 valence electrons. The third kappa shape index (κ3) is 3.22. The molecule has 1 unspecified atom stereocenters. The number of hydrogen-bond acceptors (Lipinski definition) is 4. The van der Waals surface area contributed by atoms with Gasteiger partial charge in [-0.1, -0.05) is 43.5 Å². The predicted octanol–water partition coefficient (Wildman–Crippen LogP) is 4.54. The maximum absolute atomic E-state index is 9.80. The molecular formula is C20H23N3OS. The number of aliphatic imine (C=N–C) groups is 1. The molecule has 0 amide bonds. The van der Waals surface area contributed by atoms with Gasteiger partial charge in [0, 0.05) is 23.5 Å². The summed E-state index contributed by atoms with van der Waals surface area (Å²) in [5.74, 6) is 0.935. The maximum Gasteiger partial charge on any atom is 0.166 e. The van der Waals surface area contributed by atoms with Crippen LogP contribution in [0.5, 0.6) is 0 Å². The van der Waals surface area contributed by atoms with E-state index in [-0.39, 0.29) is 7.43 Å². The van der Waals surface area contributed by atoms with E-state index >= 15 is 0 Å². The van der Waals surface area contributed by atoms with Crippen LogP contribution in [-0.4, -0.2) is 34.1 Å². The van der Waals surface area contributed by atoms with Crippen molar-refractivity contribution >= 4 is 22.8 Å². The summed E-state index contributed by atoms with van der Waals surface area (Å²) in [6.07, 6.45) is 0.529. The Morgan fingerprint density at radius 1 is 1.20 bits per heavy atom. The molecule has 2 aromatic rings. The van der Waals surface area contributed by atoms with E-state index in [1.54, 1.807) is 6.92 Å². The zero-order valence-corrected chi connectivity index (χ0v) is 14.3. The molecule has 0 radical (unpaired) electrons. The van der Waals surface area contributed by atoms with Crippen LogP contribution in [0, 0.1) is 5.41 Å². The zero-order chi connectivity index (χ0) is 16.7. The number of nitrogens with one attached hydrogen (secondary N) is 1. The van der Waals surface area contributed by atoms with Crippen LogP contribution in [0.3, 0.4) is 0 Å². The third-order valence-electron chi connectivity index (χ3n) is 4.43. The van der Waals surface area contributed by atoms with Crippen molar-refractivity contribution in [2.45, 2.75) is 31.8 Å². The van der Waals surface area contributed by atoms with E-state index in [1.165, 1.54) is 11.8 Å². The lowest BCUT2D eigenvalue weighted by atomic mass is 9.99. The van der Waals surface area contributed by atoms with E-state index < -0.39 is 6.10 Å². The molecule has 5 heteroatoms. The fourth-order valence-electron chi connectivity index (χ4n) is 3.14. The lowest BCUT2D eigenvalue weighted by molar-refractivity contribution is 0.199. The van der Waals surface area contributed by atoms with Crippen molar-refractivity contribution in [2.75, 3.05) is 13.1 Å². The summed E-state index contributed by atoms with van der Waals surface area (Å²) < 4.78 is 0. The quantitative estimate of drug-likeness (QED) is 0.833. The molecule has 0 fully saturated rings. The molecule has 4 rings (SSSR count). The fourth-order valence-corrected chi connectivity index (χ4v) is 4.09. The minimum atomic E-state index is -0.477. The van der Waals surface area contributed by atoms with Gasteiger partial charge in [0.1, 0.15) is 5.84 Å². The molecule has 2 aliphatic heterocycles. The Bertz CT molecular complexity index is 845. The number of benzene rings is 2. The second kappa shape index (κ2) is 7.02. The van der Waals surface area contributed by atoms with Gasteiger partial charge in [-0.05, 0) is 48.2 Å². The Morgan fingerprint density at radius 3 is 2.80 bits per heavy atom. The molecule has 0 bridgehead atoms. The van der Waals surface area contributed by atoms with E-state index in [4.69, 9.17) is 5.41 Å². The van der Waals surface area contributed by atoms with Gasteiger partial charge >= 0.3 is 0 Å². The predicted molar refractivity (Wildman–Crippen MR) is 106 cm³/mol. The van der Waals surface area contributed by atoms with Crippen molar-refractivity contribution in [1.29, 1.82) is 5.41 Å². The number of fused-ring (bicyclic) bond motifs is 3. The Kier molecular flexibility index (Phi) is 4.97. The highest BCUT2D eigenvalue weighted by molar-refractivity contribution is 8.14. The second-order valence-corrected chi connectivity index (χ2v) is 7.16. The first-order valence-corrected chi connectivity index (χ1v) is 8.96. The van der Waals surface area contributed by atoms with Crippen molar-refractivity contribution in [2.24, 2.45) is 4.99 Å². The SMILES string of the molecule is C.CC(O)c1cccc(-c2ccc3c(c2)SC(=N)N2CCCN=C32)c1. The van der Waals surface area contributed by atoms with Crippen LogP contribution in [0.4, 0.5) is 0 Å². The first kappa shape index (κ1) is 17.7. The molecule has 0 aliphatic carbocycles. The van der Waals surface area contributed by atoms with E-state index in [9.17, 15) is 5.11 Å². The largest absolute Gasteiger partial charge is 0.389 e. The van der Waals surface area contributed by atoms with Gasteiger partial charge in [-0.25, -0.2) is 0 Å². The van der Waals surface area contributed by atoms with Crippen LogP contribution in [0.1, 0.15) is 38.0 Å². The number of thioether (sulfide) groups is 1. The van der Waals surface area contributed by atoms with Gasteiger partial charge in [-0.15, -0.1) is 0 Å². The van der Waals surface area contributed by atoms with Crippen molar-refractivity contribution in [3.05, 3.63) is 53.6 Å².